The summed E-state index contributed by atoms with van der Waals surface area (Å²) in [6, 6.07) is 6.16. The number of benzene rings is 1. The van der Waals surface area contributed by atoms with E-state index >= 15 is 0 Å². The number of halogens is 1. The smallest absolute Gasteiger partial charge is 0.231 e. The molecule has 2 aliphatic rings. The Balaban J connectivity index is 1.63. The standard InChI is InChI=1S/C19H27BrN2O2/c1-24-18-8-7-17(20)12-16(18)14-21-9-5-6-15(13-21)19(23)22-10-3-2-4-11-22/h7-8,12,15H,2-6,9-11,13-14H2,1H3/p+1/t15-/m0/s1. The summed E-state index contributed by atoms with van der Waals surface area (Å²) in [5.41, 5.74) is 1.22. The van der Waals surface area contributed by atoms with E-state index in [9.17, 15) is 4.79 Å². The number of likely N-dealkylation sites (tertiary alicyclic amines) is 2. The van der Waals surface area contributed by atoms with Crippen LogP contribution >= 0.6 is 15.9 Å². The first kappa shape index (κ1) is 17.7. The Morgan fingerprint density at radius 3 is 2.83 bits per heavy atom. The molecule has 0 aromatic heterocycles. The minimum absolute atomic E-state index is 0.199. The van der Waals surface area contributed by atoms with Gasteiger partial charge in [-0.1, -0.05) is 15.9 Å². The predicted molar refractivity (Wildman–Crippen MR) is 98.2 cm³/mol. The van der Waals surface area contributed by atoms with Gasteiger partial charge in [-0.15, -0.1) is 0 Å². The second-order valence-electron chi connectivity index (χ2n) is 7.06. The zero-order valence-corrected chi connectivity index (χ0v) is 16.1. The molecule has 2 fully saturated rings. The molecule has 2 aliphatic heterocycles. The largest absolute Gasteiger partial charge is 0.496 e. The molecule has 5 heteroatoms. The monoisotopic (exact) mass is 395 g/mol. The normalized spacial score (nSPS) is 24.7. The molecule has 2 saturated heterocycles. The van der Waals surface area contributed by atoms with Gasteiger partial charge in [0.1, 0.15) is 12.3 Å². The van der Waals surface area contributed by atoms with Gasteiger partial charge < -0.3 is 14.5 Å². The highest BCUT2D eigenvalue weighted by atomic mass is 79.9. The number of methoxy groups -OCH3 is 1. The minimum atomic E-state index is 0.199. The summed E-state index contributed by atoms with van der Waals surface area (Å²) in [4.78, 5) is 16.4. The third-order valence-corrected chi connectivity index (χ3v) is 5.81. The Morgan fingerprint density at radius 1 is 1.29 bits per heavy atom. The highest BCUT2D eigenvalue weighted by Gasteiger charge is 2.32. The molecule has 0 spiro atoms. The average molecular weight is 396 g/mol. The highest BCUT2D eigenvalue weighted by Crippen LogP contribution is 2.23. The maximum atomic E-state index is 12.8. The lowest BCUT2D eigenvalue weighted by Crippen LogP contribution is -3.12. The number of piperidine rings is 2. The van der Waals surface area contributed by atoms with E-state index in [0.717, 1.165) is 55.8 Å². The van der Waals surface area contributed by atoms with Gasteiger partial charge in [0.05, 0.1) is 26.1 Å². The number of nitrogens with zero attached hydrogens (tertiary/aromatic N) is 1. The van der Waals surface area contributed by atoms with Crippen LogP contribution < -0.4 is 9.64 Å². The van der Waals surface area contributed by atoms with Crippen LogP contribution in [0.1, 0.15) is 37.7 Å². The van der Waals surface area contributed by atoms with Crippen LogP contribution in [0.25, 0.3) is 0 Å². The van der Waals surface area contributed by atoms with Gasteiger partial charge in [0, 0.05) is 23.1 Å². The summed E-state index contributed by atoms with van der Waals surface area (Å²) in [5, 5.41) is 0. The first-order valence-corrected chi connectivity index (χ1v) is 9.91. The second-order valence-corrected chi connectivity index (χ2v) is 7.98. The van der Waals surface area contributed by atoms with E-state index < -0.39 is 0 Å². The van der Waals surface area contributed by atoms with Crippen molar-refractivity contribution in [3.63, 3.8) is 0 Å². The summed E-state index contributed by atoms with van der Waals surface area (Å²) in [5.74, 6) is 1.54. The minimum Gasteiger partial charge on any atom is -0.496 e. The average Bonchev–Trinajstić information content (AvgIpc) is 2.62. The first-order chi connectivity index (χ1) is 11.7. The van der Waals surface area contributed by atoms with Crippen molar-refractivity contribution < 1.29 is 14.4 Å². The maximum Gasteiger partial charge on any atom is 0.231 e. The van der Waals surface area contributed by atoms with Crippen LogP contribution in [0.4, 0.5) is 0 Å². The van der Waals surface area contributed by atoms with Crippen LogP contribution in [-0.4, -0.2) is 44.1 Å². The van der Waals surface area contributed by atoms with E-state index in [-0.39, 0.29) is 5.92 Å². The fourth-order valence-corrected chi connectivity index (χ4v) is 4.46. The molecule has 0 aliphatic carbocycles. The van der Waals surface area contributed by atoms with Gasteiger partial charge in [0.25, 0.3) is 0 Å². The quantitative estimate of drug-likeness (QED) is 0.848. The Hall–Kier alpha value is -1.07. The topological polar surface area (TPSA) is 34.0 Å². The van der Waals surface area contributed by atoms with Crippen LogP contribution in [0.5, 0.6) is 5.75 Å². The molecule has 4 nitrogen and oxygen atoms in total. The van der Waals surface area contributed by atoms with Gasteiger partial charge in [-0.25, -0.2) is 0 Å². The van der Waals surface area contributed by atoms with Gasteiger partial charge in [-0.3, -0.25) is 4.79 Å². The Bertz CT molecular complexity index is 572. The molecule has 1 aromatic rings. The number of amides is 1. The van der Waals surface area contributed by atoms with Crippen molar-refractivity contribution in [3.8, 4) is 5.75 Å². The Kier molecular flexibility index (Phi) is 6.17. The first-order valence-electron chi connectivity index (χ1n) is 9.12. The van der Waals surface area contributed by atoms with Crippen molar-refractivity contribution >= 4 is 21.8 Å². The van der Waals surface area contributed by atoms with E-state index in [4.69, 9.17) is 4.74 Å². The van der Waals surface area contributed by atoms with Crippen LogP contribution in [0.3, 0.4) is 0 Å². The molecule has 24 heavy (non-hydrogen) atoms. The fourth-order valence-electron chi connectivity index (χ4n) is 4.05. The molecule has 1 amide bonds. The fraction of sp³-hybridized carbons (Fsp3) is 0.632. The number of rotatable bonds is 4. The predicted octanol–water partition coefficient (Wildman–Crippen LogP) is 2.27. The second kappa shape index (κ2) is 8.34. The van der Waals surface area contributed by atoms with E-state index in [1.54, 1.807) is 7.11 Å². The number of hydrogen-bond donors (Lipinski definition) is 1. The maximum absolute atomic E-state index is 12.8. The van der Waals surface area contributed by atoms with Gasteiger partial charge in [0.15, 0.2) is 0 Å². The number of carbonyl (C=O) groups is 1. The van der Waals surface area contributed by atoms with Crippen molar-refractivity contribution in [1.82, 2.24) is 4.90 Å². The molecule has 0 saturated carbocycles. The molecule has 2 atom stereocenters. The lowest BCUT2D eigenvalue weighted by atomic mass is 9.95. The van der Waals surface area contributed by atoms with Gasteiger partial charge in [-0.05, 0) is 50.3 Å². The molecule has 1 N–H and O–H groups in total. The van der Waals surface area contributed by atoms with E-state index in [2.05, 4.69) is 26.9 Å². The molecule has 1 unspecified atom stereocenters. The molecule has 2 heterocycles. The molecule has 3 rings (SSSR count). The summed E-state index contributed by atoms with van der Waals surface area (Å²) < 4.78 is 6.58. The molecule has 0 radical (unpaired) electrons. The van der Waals surface area contributed by atoms with Gasteiger partial charge in [-0.2, -0.15) is 0 Å². The van der Waals surface area contributed by atoms with Crippen molar-refractivity contribution in [2.75, 3.05) is 33.3 Å². The number of nitrogens with one attached hydrogen (secondary N) is 1. The zero-order chi connectivity index (χ0) is 16.9. The molecular formula is C19H28BrN2O2+. The van der Waals surface area contributed by atoms with Gasteiger partial charge in [0.2, 0.25) is 5.91 Å². The highest BCUT2D eigenvalue weighted by molar-refractivity contribution is 9.10. The zero-order valence-electron chi connectivity index (χ0n) is 14.5. The van der Waals surface area contributed by atoms with Crippen molar-refractivity contribution in [2.45, 2.75) is 38.6 Å². The van der Waals surface area contributed by atoms with Crippen LogP contribution in [0, 0.1) is 5.92 Å². The lowest BCUT2D eigenvalue weighted by molar-refractivity contribution is -0.921. The number of hydrogen-bond acceptors (Lipinski definition) is 2. The van der Waals surface area contributed by atoms with Crippen LogP contribution in [-0.2, 0) is 11.3 Å². The van der Waals surface area contributed by atoms with Crippen molar-refractivity contribution in [1.29, 1.82) is 0 Å². The van der Waals surface area contributed by atoms with Crippen molar-refractivity contribution in [2.24, 2.45) is 5.92 Å². The SMILES string of the molecule is COc1ccc(Br)cc1C[NH+]1CCC[C@H](C(=O)N2CCCCC2)C1. The van der Waals surface area contributed by atoms with Crippen LogP contribution in [0.2, 0.25) is 0 Å². The summed E-state index contributed by atoms with van der Waals surface area (Å²) >= 11 is 3.55. The molecule has 132 valence electrons. The van der Waals surface area contributed by atoms with E-state index in [1.807, 2.05) is 12.1 Å². The van der Waals surface area contributed by atoms with Gasteiger partial charge >= 0.3 is 0 Å². The number of ether oxygens (including phenoxy) is 1. The molecular weight excluding hydrogens is 368 g/mol. The third kappa shape index (κ3) is 4.31. The third-order valence-electron chi connectivity index (χ3n) is 5.32. The molecule has 1 aromatic carbocycles. The van der Waals surface area contributed by atoms with E-state index in [0.29, 0.717) is 5.91 Å². The van der Waals surface area contributed by atoms with Crippen molar-refractivity contribution in [3.05, 3.63) is 28.2 Å². The number of quaternary nitrogens is 1. The Labute approximate surface area is 153 Å². The van der Waals surface area contributed by atoms with Crippen LogP contribution in [0.15, 0.2) is 22.7 Å². The summed E-state index contributed by atoms with van der Waals surface area (Å²) in [6.45, 7) is 4.94. The Morgan fingerprint density at radius 2 is 2.08 bits per heavy atom. The summed E-state index contributed by atoms with van der Waals surface area (Å²) in [6.07, 6.45) is 5.80. The molecule has 0 bridgehead atoms. The summed E-state index contributed by atoms with van der Waals surface area (Å²) in [7, 11) is 1.72. The number of carbonyl (C=O) groups excluding carboxylic acids is 1. The lowest BCUT2D eigenvalue weighted by Gasteiger charge is -2.34. The van der Waals surface area contributed by atoms with E-state index in [1.165, 1.54) is 29.7 Å².